The van der Waals surface area contributed by atoms with Gasteiger partial charge in [-0.2, -0.15) is 0 Å². The van der Waals surface area contributed by atoms with E-state index < -0.39 is 0 Å². The van der Waals surface area contributed by atoms with Gasteiger partial charge in [0.2, 0.25) is 0 Å². The van der Waals surface area contributed by atoms with Crippen molar-refractivity contribution >= 4 is 0 Å². The molecule has 2 rings (SSSR count). The van der Waals surface area contributed by atoms with E-state index in [0.717, 1.165) is 13.2 Å². The van der Waals surface area contributed by atoms with E-state index in [1.807, 2.05) is 0 Å². The second-order valence-electron chi connectivity index (χ2n) is 5.96. The summed E-state index contributed by atoms with van der Waals surface area (Å²) in [6, 6.07) is 0.620. The van der Waals surface area contributed by atoms with Gasteiger partial charge in [-0.1, -0.05) is 20.8 Å². The zero-order valence-electron chi connectivity index (χ0n) is 9.73. The number of nitrogens with one attached hydrogen (secondary N) is 1. The SMILES string of the molecule is CC(C)(C)C1CC2(CCCO2)CCN1. The summed E-state index contributed by atoms with van der Waals surface area (Å²) < 4.78 is 5.97. The minimum atomic E-state index is 0.239. The van der Waals surface area contributed by atoms with Crippen LogP contribution in [-0.4, -0.2) is 24.8 Å². The van der Waals surface area contributed by atoms with Gasteiger partial charge in [-0.3, -0.25) is 0 Å². The van der Waals surface area contributed by atoms with Crippen LogP contribution >= 0.6 is 0 Å². The Kier molecular flexibility index (Phi) is 2.61. The Hall–Kier alpha value is -0.0800. The van der Waals surface area contributed by atoms with Crippen molar-refractivity contribution in [2.75, 3.05) is 13.2 Å². The highest BCUT2D eigenvalue weighted by molar-refractivity contribution is 4.97. The van der Waals surface area contributed by atoms with E-state index in [1.54, 1.807) is 0 Å². The smallest absolute Gasteiger partial charge is 0.0710 e. The third-order valence-electron chi connectivity index (χ3n) is 3.78. The molecule has 2 heterocycles. The largest absolute Gasteiger partial charge is 0.375 e. The molecule has 0 amide bonds. The first-order valence-electron chi connectivity index (χ1n) is 5.89. The highest BCUT2D eigenvalue weighted by atomic mass is 16.5. The number of hydrogen-bond donors (Lipinski definition) is 1. The molecule has 0 radical (unpaired) electrons. The minimum Gasteiger partial charge on any atom is -0.375 e. The third kappa shape index (κ3) is 1.96. The Morgan fingerprint density at radius 1 is 1.29 bits per heavy atom. The van der Waals surface area contributed by atoms with Crippen LogP contribution in [0.4, 0.5) is 0 Å². The fraction of sp³-hybridized carbons (Fsp3) is 1.00. The lowest BCUT2D eigenvalue weighted by molar-refractivity contribution is -0.0432. The van der Waals surface area contributed by atoms with E-state index in [9.17, 15) is 0 Å². The van der Waals surface area contributed by atoms with E-state index in [1.165, 1.54) is 25.7 Å². The lowest BCUT2D eigenvalue weighted by atomic mass is 9.75. The minimum absolute atomic E-state index is 0.239. The van der Waals surface area contributed by atoms with Gasteiger partial charge in [0.25, 0.3) is 0 Å². The van der Waals surface area contributed by atoms with Crippen LogP contribution in [0.2, 0.25) is 0 Å². The second kappa shape index (κ2) is 3.49. The van der Waals surface area contributed by atoms with Gasteiger partial charge >= 0.3 is 0 Å². The zero-order valence-corrected chi connectivity index (χ0v) is 9.73. The van der Waals surface area contributed by atoms with Gasteiger partial charge in [0.1, 0.15) is 0 Å². The molecule has 0 aliphatic carbocycles. The molecule has 2 aliphatic rings. The summed E-state index contributed by atoms with van der Waals surface area (Å²) in [4.78, 5) is 0. The first-order valence-corrected chi connectivity index (χ1v) is 5.89. The van der Waals surface area contributed by atoms with E-state index >= 15 is 0 Å². The summed E-state index contributed by atoms with van der Waals surface area (Å²) in [7, 11) is 0. The summed E-state index contributed by atoms with van der Waals surface area (Å²) >= 11 is 0. The first kappa shape index (κ1) is 10.4. The van der Waals surface area contributed by atoms with E-state index in [0.29, 0.717) is 11.5 Å². The molecule has 2 nitrogen and oxygen atoms in total. The van der Waals surface area contributed by atoms with Crippen LogP contribution in [0, 0.1) is 5.41 Å². The molecule has 2 unspecified atom stereocenters. The fourth-order valence-corrected chi connectivity index (χ4v) is 2.75. The molecule has 0 aromatic heterocycles. The van der Waals surface area contributed by atoms with Crippen molar-refractivity contribution in [1.29, 1.82) is 0 Å². The molecule has 2 aliphatic heterocycles. The number of hydrogen-bond acceptors (Lipinski definition) is 2. The average Bonchev–Trinajstić information content (AvgIpc) is 2.52. The van der Waals surface area contributed by atoms with Crippen LogP contribution in [0.3, 0.4) is 0 Å². The maximum absolute atomic E-state index is 5.97. The lowest BCUT2D eigenvalue weighted by Gasteiger charge is -2.43. The molecule has 1 spiro atoms. The predicted molar refractivity (Wildman–Crippen MR) is 58.4 cm³/mol. The van der Waals surface area contributed by atoms with Crippen molar-refractivity contribution in [1.82, 2.24) is 5.32 Å². The molecule has 2 heteroatoms. The van der Waals surface area contributed by atoms with Gasteiger partial charge < -0.3 is 10.1 Å². The van der Waals surface area contributed by atoms with Crippen LogP contribution in [-0.2, 0) is 4.74 Å². The van der Waals surface area contributed by atoms with Crippen molar-refractivity contribution in [3.8, 4) is 0 Å². The van der Waals surface area contributed by atoms with Crippen LogP contribution < -0.4 is 5.32 Å². The quantitative estimate of drug-likeness (QED) is 0.643. The first-order chi connectivity index (χ1) is 6.52. The molecule has 0 saturated carbocycles. The zero-order chi connectivity index (χ0) is 10.2. The molecule has 0 aromatic rings. The molecular weight excluding hydrogens is 174 g/mol. The third-order valence-corrected chi connectivity index (χ3v) is 3.78. The van der Waals surface area contributed by atoms with E-state index in [-0.39, 0.29) is 5.60 Å². The fourth-order valence-electron chi connectivity index (χ4n) is 2.75. The highest BCUT2D eigenvalue weighted by Crippen LogP contribution is 2.39. The van der Waals surface area contributed by atoms with Gasteiger partial charge in [-0.05, 0) is 37.6 Å². The Morgan fingerprint density at radius 2 is 2.07 bits per heavy atom. The van der Waals surface area contributed by atoms with Gasteiger partial charge in [-0.15, -0.1) is 0 Å². The Morgan fingerprint density at radius 3 is 2.64 bits per heavy atom. The molecule has 2 saturated heterocycles. The summed E-state index contributed by atoms with van der Waals surface area (Å²) in [6.45, 7) is 9.06. The molecule has 1 N–H and O–H groups in total. The molecule has 2 fully saturated rings. The predicted octanol–water partition coefficient (Wildman–Crippen LogP) is 2.33. The molecule has 0 aromatic carbocycles. The Bertz CT molecular complexity index is 201. The molecule has 14 heavy (non-hydrogen) atoms. The van der Waals surface area contributed by atoms with Gasteiger partial charge in [0.05, 0.1) is 5.60 Å². The Labute approximate surface area is 87.4 Å². The maximum Gasteiger partial charge on any atom is 0.0710 e. The lowest BCUT2D eigenvalue weighted by Crippen LogP contribution is -2.52. The van der Waals surface area contributed by atoms with Gasteiger partial charge in [-0.25, -0.2) is 0 Å². The molecule has 2 atom stereocenters. The van der Waals surface area contributed by atoms with Crippen LogP contribution in [0.5, 0.6) is 0 Å². The number of ether oxygens (including phenoxy) is 1. The topological polar surface area (TPSA) is 21.3 Å². The monoisotopic (exact) mass is 197 g/mol. The standard InChI is InChI=1S/C12H23NO/c1-11(2,3)10-9-12(6-7-13-10)5-4-8-14-12/h10,13H,4-9H2,1-3H3. The number of piperidine rings is 1. The summed E-state index contributed by atoms with van der Waals surface area (Å²) in [5.74, 6) is 0. The van der Waals surface area contributed by atoms with Crippen molar-refractivity contribution in [2.24, 2.45) is 5.41 Å². The molecule has 0 bridgehead atoms. The van der Waals surface area contributed by atoms with Gasteiger partial charge in [0, 0.05) is 12.6 Å². The van der Waals surface area contributed by atoms with Crippen LogP contribution in [0.15, 0.2) is 0 Å². The number of rotatable bonds is 0. The Balaban J connectivity index is 2.03. The van der Waals surface area contributed by atoms with Crippen molar-refractivity contribution in [2.45, 2.75) is 58.1 Å². The van der Waals surface area contributed by atoms with Gasteiger partial charge in [0.15, 0.2) is 0 Å². The second-order valence-corrected chi connectivity index (χ2v) is 5.96. The molecular formula is C12H23NO. The maximum atomic E-state index is 5.97. The summed E-state index contributed by atoms with van der Waals surface area (Å²) in [5, 5.41) is 3.63. The van der Waals surface area contributed by atoms with Crippen LogP contribution in [0.25, 0.3) is 0 Å². The van der Waals surface area contributed by atoms with Crippen molar-refractivity contribution in [3.05, 3.63) is 0 Å². The molecule has 82 valence electrons. The van der Waals surface area contributed by atoms with Crippen molar-refractivity contribution < 1.29 is 4.74 Å². The van der Waals surface area contributed by atoms with E-state index in [4.69, 9.17) is 4.74 Å². The van der Waals surface area contributed by atoms with E-state index in [2.05, 4.69) is 26.1 Å². The normalized spacial score (nSPS) is 39.2. The highest BCUT2D eigenvalue weighted by Gasteiger charge is 2.42. The van der Waals surface area contributed by atoms with Crippen LogP contribution in [0.1, 0.15) is 46.5 Å². The summed E-state index contributed by atoms with van der Waals surface area (Å²) in [5.41, 5.74) is 0.600. The van der Waals surface area contributed by atoms with Crippen molar-refractivity contribution in [3.63, 3.8) is 0 Å². The average molecular weight is 197 g/mol. The summed E-state index contributed by atoms with van der Waals surface area (Å²) in [6.07, 6.45) is 4.95.